The van der Waals surface area contributed by atoms with E-state index in [2.05, 4.69) is 0 Å². The Kier molecular flexibility index (Phi) is 3.07. The van der Waals surface area contributed by atoms with Gasteiger partial charge in [0.2, 0.25) is 0 Å². The third-order valence-corrected chi connectivity index (χ3v) is 3.52. The van der Waals surface area contributed by atoms with E-state index in [0.717, 1.165) is 22.1 Å². The van der Waals surface area contributed by atoms with Gasteiger partial charge in [0.15, 0.2) is 0 Å². The summed E-state index contributed by atoms with van der Waals surface area (Å²) in [4.78, 5) is 0. The minimum absolute atomic E-state index is 0.138. The van der Waals surface area contributed by atoms with Crippen LogP contribution in [0.15, 0.2) is 46.9 Å². The second-order valence-electron chi connectivity index (χ2n) is 5.13. The molecule has 0 fully saturated rings. The number of furan rings is 1. The summed E-state index contributed by atoms with van der Waals surface area (Å²) in [5.41, 5.74) is 9.04. The highest BCUT2D eigenvalue weighted by Crippen LogP contribution is 2.32. The zero-order valence-electron chi connectivity index (χ0n) is 11.5. The van der Waals surface area contributed by atoms with E-state index in [9.17, 15) is 4.39 Å². The zero-order chi connectivity index (χ0) is 14.3. The Morgan fingerprint density at radius 3 is 2.65 bits per heavy atom. The Labute approximate surface area is 117 Å². The van der Waals surface area contributed by atoms with Gasteiger partial charge in [0.05, 0.1) is 5.56 Å². The number of hydrogen-bond donors (Lipinski definition) is 1. The summed E-state index contributed by atoms with van der Waals surface area (Å²) in [5, 5.41) is 0.977. The van der Waals surface area contributed by atoms with Crippen LogP contribution in [0, 0.1) is 12.7 Å². The van der Waals surface area contributed by atoms with Crippen LogP contribution in [0.2, 0.25) is 0 Å². The fourth-order valence-electron chi connectivity index (χ4n) is 2.36. The molecule has 0 saturated heterocycles. The molecular weight excluding hydrogens is 253 g/mol. The zero-order valence-corrected chi connectivity index (χ0v) is 11.5. The molecule has 102 valence electrons. The Bertz CT molecular complexity index is 774. The predicted molar refractivity (Wildman–Crippen MR) is 78.9 cm³/mol. The van der Waals surface area contributed by atoms with Gasteiger partial charge in [-0.2, -0.15) is 0 Å². The van der Waals surface area contributed by atoms with Gasteiger partial charge in [-0.15, -0.1) is 0 Å². The maximum absolute atomic E-state index is 14.0. The lowest BCUT2D eigenvalue weighted by Gasteiger charge is -2.07. The average molecular weight is 269 g/mol. The molecule has 0 aliphatic rings. The number of aryl methyl sites for hydroxylation is 1. The monoisotopic (exact) mass is 269 g/mol. The van der Waals surface area contributed by atoms with Gasteiger partial charge < -0.3 is 10.2 Å². The third-order valence-electron chi connectivity index (χ3n) is 3.52. The lowest BCUT2D eigenvalue weighted by Crippen LogP contribution is -2.05. The van der Waals surface area contributed by atoms with Crippen molar-refractivity contribution in [2.24, 2.45) is 5.73 Å². The van der Waals surface area contributed by atoms with Crippen LogP contribution in [0.4, 0.5) is 4.39 Å². The molecule has 1 heterocycles. The molecule has 0 radical (unpaired) electrons. The van der Waals surface area contributed by atoms with Crippen molar-refractivity contribution in [3.8, 4) is 11.3 Å². The minimum Gasteiger partial charge on any atom is -0.456 e. The Morgan fingerprint density at radius 1 is 1.15 bits per heavy atom. The summed E-state index contributed by atoms with van der Waals surface area (Å²) >= 11 is 0. The minimum atomic E-state index is -0.300. The van der Waals surface area contributed by atoms with Crippen molar-refractivity contribution in [1.82, 2.24) is 0 Å². The lowest BCUT2D eigenvalue weighted by molar-refractivity contribution is 0.599. The van der Waals surface area contributed by atoms with Crippen molar-refractivity contribution in [1.29, 1.82) is 0 Å². The second kappa shape index (κ2) is 4.76. The van der Waals surface area contributed by atoms with E-state index in [1.165, 1.54) is 6.07 Å². The Balaban J connectivity index is 2.20. The first kappa shape index (κ1) is 12.9. The van der Waals surface area contributed by atoms with Gasteiger partial charge in [0, 0.05) is 11.4 Å². The highest BCUT2D eigenvalue weighted by molar-refractivity contribution is 5.85. The number of fused-ring (bicyclic) bond motifs is 1. The van der Waals surface area contributed by atoms with Gasteiger partial charge >= 0.3 is 0 Å². The summed E-state index contributed by atoms with van der Waals surface area (Å²) in [6.07, 6.45) is 0. The summed E-state index contributed by atoms with van der Waals surface area (Å²) in [6.45, 7) is 3.85. The highest BCUT2D eigenvalue weighted by Gasteiger charge is 2.13. The van der Waals surface area contributed by atoms with E-state index in [-0.39, 0.29) is 11.9 Å². The van der Waals surface area contributed by atoms with E-state index >= 15 is 0 Å². The quantitative estimate of drug-likeness (QED) is 0.740. The number of benzene rings is 2. The van der Waals surface area contributed by atoms with Gasteiger partial charge in [-0.05, 0) is 43.2 Å². The van der Waals surface area contributed by atoms with Crippen molar-refractivity contribution >= 4 is 11.0 Å². The molecule has 0 amide bonds. The van der Waals surface area contributed by atoms with Crippen LogP contribution in [0.1, 0.15) is 24.1 Å². The van der Waals surface area contributed by atoms with Crippen molar-refractivity contribution in [3.63, 3.8) is 0 Å². The first-order valence-electron chi connectivity index (χ1n) is 6.61. The van der Waals surface area contributed by atoms with Crippen molar-refractivity contribution in [2.75, 3.05) is 0 Å². The first-order chi connectivity index (χ1) is 9.56. The molecule has 0 spiro atoms. The fraction of sp³-hybridized carbons (Fsp3) is 0.176. The van der Waals surface area contributed by atoms with E-state index in [1.54, 1.807) is 12.1 Å². The first-order valence-corrected chi connectivity index (χ1v) is 6.61. The molecule has 0 aliphatic carbocycles. The maximum Gasteiger partial charge on any atom is 0.138 e. The van der Waals surface area contributed by atoms with Gasteiger partial charge in [0.1, 0.15) is 17.2 Å². The van der Waals surface area contributed by atoms with E-state index < -0.39 is 0 Å². The van der Waals surface area contributed by atoms with E-state index in [4.69, 9.17) is 10.2 Å². The van der Waals surface area contributed by atoms with Crippen LogP contribution in [0.5, 0.6) is 0 Å². The molecular formula is C17H16FNO. The van der Waals surface area contributed by atoms with Gasteiger partial charge in [-0.25, -0.2) is 4.39 Å². The largest absolute Gasteiger partial charge is 0.456 e. The SMILES string of the molecule is Cc1cccc2cc(-c3cc(C(C)N)ccc3F)oc12. The highest BCUT2D eigenvalue weighted by atomic mass is 19.1. The average Bonchev–Trinajstić information content (AvgIpc) is 2.84. The number of hydrogen-bond acceptors (Lipinski definition) is 2. The topological polar surface area (TPSA) is 39.2 Å². The van der Waals surface area contributed by atoms with Crippen molar-refractivity contribution in [2.45, 2.75) is 19.9 Å². The summed E-state index contributed by atoms with van der Waals surface area (Å²) < 4.78 is 19.9. The standard InChI is InChI=1S/C17H16FNO/c1-10-4-3-5-13-9-16(20-17(10)13)14-8-12(11(2)19)6-7-15(14)18/h3-9,11H,19H2,1-2H3. The summed E-state index contributed by atoms with van der Waals surface area (Å²) in [5.74, 6) is 0.236. The molecule has 2 nitrogen and oxygen atoms in total. The number of rotatable bonds is 2. The van der Waals surface area contributed by atoms with Gasteiger partial charge in [0.25, 0.3) is 0 Å². The summed E-state index contributed by atoms with van der Waals surface area (Å²) in [6, 6.07) is 12.5. The normalized spacial score (nSPS) is 12.8. The van der Waals surface area contributed by atoms with Crippen LogP contribution < -0.4 is 5.73 Å². The second-order valence-corrected chi connectivity index (χ2v) is 5.13. The molecule has 1 aromatic heterocycles. The van der Waals surface area contributed by atoms with Crippen LogP contribution >= 0.6 is 0 Å². The number of halogens is 1. The molecule has 3 aromatic rings. The molecule has 1 unspecified atom stereocenters. The fourth-order valence-corrected chi connectivity index (χ4v) is 2.36. The van der Waals surface area contributed by atoms with Gasteiger partial charge in [-0.3, -0.25) is 0 Å². The van der Waals surface area contributed by atoms with Crippen LogP contribution in [0.3, 0.4) is 0 Å². The Hall–Kier alpha value is -2.13. The molecule has 0 aliphatic heterocycles. The molecule has 3 heteroatoms. The molecule has 1 atom stereocenters. The molecule has 0 bridgehead atoms. The van der Waals surface area contributed by atoms with E-state index in [1.807, 2.05) is 38.1 Å². The summed E-state index contributed by atoms with van der Waals surface area (Å²) in [7, 11) is 0. The number of para-hydroxylation sites is 1. The van der Waals surface area contributed by atoms with Crippen molar-refractivity contribution in [3.05, 3.63) is 59.4 Å². The van der Waals surface area contributed by atoms with E-state index in [0.29, 0.717) is 11.3 Å². The smallest absolute Gasteiger partial charge is 0.138 e. The molecule has 3 rings (SSSR count). The maximum atomic E-state index is 14.0. The lowest BCUT2D eigenvalue weighted by atomic mass is 10.0. The van der Waals surface area contributed by atoms with Gasteiger partial charge in [-0.1, -0.05) is 24.3 Å². The molecule has 0 saturated carbocycles. The van der Waals surface area contributed by atoms with Crippen LogP contribution in [-0.4, -0.2) is 0 Å². The molecule has 2 N–H and O–H groups in total. The third kappa shape index (κ3) is 2.10. The Morgan fingerprint density at radius 2 is 1.95 bits per heavy atom. The molecule has 20 heavy (non-hydrogen) atoms. The van der Waals surface area contributed by atoms with Crippen LogP contribution in [-0.2, 0) is 0 Å². The predicted octanol–water partition coefficient (Wildman–Crippen LogP) is 4.57. The number of nitrogens with two attached hydrogens (primary N) is 1. The molecule has 2 aromatic carbocycles. The van der Waals surface area contributed by atoms with Crippen molar-refractivity contribution < 1.29 is 8.81 Å². The van der Waals surface area contributed by atoms with Crippen LogP contribution in [0.25, 0.3) is 22.3 Å².